The molecule has 134 valence electrons. The van der Waals surface area contributed by atoms with Gasteiger partial charge in [-0.2, -0.15) is 0 Å². The fraction of sp³-hybridized carbons (Fsp3) is 0.611. The van der Waals surface area contributed by atoms with E-state index in [9.17, 15) is 0 Å². The van der Waals surface area contributed by atoms with Crippen molar-refractivity contribution >= 4 is 17.5 Å². The number of nitrogens with one attached hydrogen (secondary N) is 1. The lowest BCUT2D eigenvalue weighted by molar-refractivity contribution is 0.410. The summed E-state index contributed by atoms with van der Waals surface area (Å²) in [7, 11) is 0. The first-order chi connectivity index (χ1) is 12.1. The first-order valence-electron chi connectivity index (χ1n) is 9.17. The van der Waals surface area contributed by atoms with E-state index >= 15 is 0 Å². The highest BCUT2D eigenvalue weighted by Crippen LogP contribution is 2.34. The van der Waals surface area contributed by atoms with Crippen LogP contribution < -0.4 is 11.1 Å². The maximum Gasteiger partial charge on any atom is 0.223 e. The van der Waals surface area contributed by atoms with Crippen molar-refractivity contribution in [3.63, 3.8) is 0 Å². The van der Waals surface area contributed by atoms with Gasteiger partial charge in [0, 0.05) is 18.6 Å². The number of anilines is 1. The highest BCUT2D eigenvalue weighted by atomic mass is 35.5. The fourth-order valence-corrected chi connectivity index (χ4v) is 3.70. The molecule has 0 saturated heterocycles. The van der Waals surface area contributed by atoms with Crippen LogP contribution in [0.3, 0.4) is 0 Å². The van der Waals surface area contributed by atoms with Crippen molar-refractivity contribution in [2.45, 2.75) is 64.1 Å². The molecule has 0 aliphatic heterocycles. The molecule has 2 aliphatic carbocycles. The van der Waals surface area contributed by atoms with Crippen molar-refractivity contribution in [3.8, 4) is 11.4 Å². The molecule has 2 saturated carbocycles. The molecule has 0 spiro atoms. The maximum atomic E-state index is 6.42. The summed E-state index contributed by atoms with van der Waals surface area (Å²) in [6, 6.07) is 0.714. The van der Waals surface area contributed by atoms with Crippen molar-refractivity contribution in [2.75, 3.05) is 5.32 Å². The molecular formula is C18H25ClN6. The molecule has 2 aliphatic rings. The van der Waals surface area contributed by atoms with Gasteiger partial charge in [-0.25, -0.2) is 15.0 Å². The minimum Gasteiger partial charge on any atom is -0.351 e. The third-order valence-electron chi connectivity index (χ3n) is 5.28. The minimum atomic E-state index is 0.333. The molecule has 2 fully saturated rings. The summed E-state index contributed by atoms with van der Waals surface area (Å²) in [5.41, 5.74) is 7.72. The Labute approximate surface area is 153 Å². The van der Waals surface area contributed by atoms with Gasteiger partial charge in [0.15, 0.2) is 0 Å². The van der Waals surface area contributed by atoms with Gasteiger partial charge in [-0.15, -0.1) is 0 Å². The van der Waals surface area contributed by atoms with E-state index in [0.717, 1.165) is 55.4 Å². The van der Waals surface area contributed by atoms with Gasteiger partial charge >= 0.3 is 0 Å². The van der Waals surface area contributed by atoms with Crippen LogP contribution in [0.25, 0.3) is 11.4 Å². The molecule has 3 N–H and O–H groups in total. The quantitative estimate of drug-likeness (QED) is 0.854. The molecule has 25 heavy (non-hydrogen) atoms. The van der Waals surface area contributed by atoms with E-state index in [-0.39, 0.29) is 0 Å². The Kier molecular flexibility index (Phi) is 4.65. The van der Waals surface area contributed by atoms with Crippen molar-refractivity contribution in [1.82, 2.24) is 19.5 Å². The van der Waals surface area contributed by atoms with Crippen LogP contribution in [0, 0.1) is 12.8 Å². The molecule has 0 bridgehead atoms. The lowest BCUT2D eigenvalue weighted by atomic mass is 9.92. The van der Waals surface area contributed by atoms with Crippen molar-refractivity contribution < 1.29 is 0 Å². The molecule has 0 aromatic carbocycles. The van der Waals surface area contributed by atoms with Gasteiger partial charge in [0.2, 0.25) is 5.95 Å². The average molecular weight is 361 g/mol. The van der Waals surface area contributed by atoms with Gasteiger partial charge in [-0.3, -0.25) is 0 Å². The second-order valence-electron chi connectivity index (χ2n) is 7.39. The van der Waals surface area contributed by atoms with Crippen LogP contribution in [0.5, 0.6) is 0 Å². The Morgan fingerprint density at radius 2 is 1.92 bits per heavy atom. The Morgan fingerprint density at radius 3 is 2.64 bits per heavy atom. The summed E-state index contributed by atoms with van der Waals surface area (Å²) in [6.07, 6.45) is 10.4. The highest BCUT2D eigenvalue weighted by molar-refractivity contribution is 6.32. The van der Waals surface area contributed by atoms with E-state index in [1.807, 2.05) is 13.1 Å². The summed E-state index contributed by atoms with van der Waals surface area (Å²) in [4.78, 5) is 13.6. The standard InChI is InChI=1S/C18H25ClN6/c1-11-21-9-16(25(11)10-12-2-3-12)17-15(19)8-22-18(24-17)23-14-6-4-13(20)5-7-14/h8-9,12-14H,2-7,10,20H2,1H3,(H,22,23,24). The summed E-state index contributed by atoms with van der Waals surface area (Å²) < 4.78 is 2.23. The number of imidazole rings is 1. The number of aryl methyl sites for hydroxylation is 1. The van der Waals surface area contributed by atoms with Crippen LogP contribution in [0.4, 0.5) is 5.95 Å². The first kappa shape index (κ1) is 16.8. The number of nitrogens with two attached hydrogens (primary N) is 1. The van der Waals surface area contributed by atoms with Gasteiger partial charge in [0.05, 0.1) is 23.1 Å². The zero-order chi connectivity index (χ0) is 17.4. The fourth-order valence-electron chi connectivity index (χ4n) is 3.51. The van der Waals surface area contributed by atoms with Crippen molar-refractivity contribution in [3.05, 3.63) is 23.2 Å². The molecule has 4 rings (SSSR count). The zero-order valence-electron chi connectivity index (χ0n) is 14.6. The number of rotatable bonds is 5. The van der Waals surface area contributed by atoms with E-state index in [1.54, 1.807) is 6.20 Å². The van der Waals surface area contributed by atoms with Crippen LogP contribution >= 0.6 is 11.6 Å². The van der Waals surface area contributed by atoms with Gasteiger partial charge < -0.3 is 15.6 Å². The zero-order valence-corrected chi connectivity index (χ0v) is 15.3. The summed E-state index contributed by atoms with van der Waals surface area (Å²) in [6.45, 7) is 3.02. The molecule has 0 radical (unpaired) electrons. The van der Waals surface area contributed by atoms with E-state index in [2.05, 4.69) is 19.9 Å². The Hall–Kier alpha value is -1.66. The maximum absolute atomic E-state index is 6.42. The third-order valence-corrected chi connectivity index (χ3v) is 5.56. The van der Waals surface area contributed by atoms with Crippen LogP contribution in [0.2, 0.25) is 5.02 Å². The Balaban J connectivity index is 1.57. The monoisotopic (exact) mass is 360 g/mol. The van der Waals surface area contributed by atoms with Gasteiger partial charge in [-0.1, -0.05) is 11.6 Å². The predicted octanol–water partition coefficient (Wildman–Crippen LogP) is 3.39. The van der Waals surface area contributed by atoms with E-state index in [4.69, 9.17) is 22.3 Å². The largest absolute Gasteiger partial charge is 0.351 e. The van der Waals surface area contributed by atoms with Crippen LogP contribution in [0.1, 0.15) is 44.3 Å². The highest BCUT2D eigenvalue weighted by Gasteiger charge is 2.25. The van der Waals surface area contributed by atoms with Crippen LogP contribution in [-0.4, -0.2) is 31.6 Å². The molecular weight excluding hydrogens is 336 g/mol. The molecule has 7 heteroatoms. The molecule has 2 aromatic heterocycles. The second-order valence-corrected chi connectivity index (χ2v) is 7.80. The number of hydrogen-bond donors (Lipinski definition) is 2. The van der Waals surface area contributed by atoms with E-state index in [0.29, 0.717) is 23.1 Å². The van der Waals surface area contributed by atoms with Crippen molar-refractivity contribution in [2.24, 2.45) is 11.7 Å². The molecule has 2 heterocycles. The summed E-state index contributed by atoms with van der Waals surface area (Å²) in [5, 5.41) is 4.02. The number of halogens is 1. The average Bonchev–Trinajstić information content (AvgIpc) is 3.35. The smallest absolute Gasteiger partial charge is 0.223 e. The van der Waals surface area contributed by atoms with Gasteiger partial charge in [-0.05, 0) is 51.4 Å². The number of nitrogens with zero attached hydrogens (tertiary/aromatic N) is 4. The third kappa shape index (κ3) is 3.80. The van der Waals surface area contributed by atoms with E-state index in [1.165, 1.54) is 12.8 Å². The predicted molar refractivity (Wildman–Crippen MR) is 99.6 cm³/mol. The van der Waals surface area contributed by atoms with Gasteiger partial charge in [0.1, 0.15) is 11.5 Å². The topological polar surface area (TPSA) is 81.7 Å². The number of aromatic nitrogens is 4. The van der Waals surface area contributed by atoms with Crippen molar-refractivity contribution in [1.29, 1.82) is 0 Å². The SMILES string of the molecule is Cc1ncc(-c2nc(NC3CCC(N)CC3)ncc2Cl)n1CC1CC1. The number of hydrogen-bond acceptors (Lipinski definition) is 5. The Bertz CT molecular complexity index is 746. The Morgan fingerprint density at radius 1 is 1.16 bits per heavy atom. The first-order valence-corrected chi connectivity index (χ1v) is 9.55. The molecule has 0 unspecified atom stereocenters. The lowest BCUT2D eigenvalue weighted by Crippen LogP contribution is -2.33. The minimum absolute atomic E-state index is 0.333. The molecule has 6 nitrogen and oxygen atoms in total. The van der Waals surface area contributed by atoms with Crippen LogP contribution in [-0.2, 0) is 6.54 Å². The van der Waals surface area contributed by atoms with Crippen LogP contribution in [0.15, 0.2) is 12.4 Å². The molecule has 2 aromatic rings. The summed E-state index contributed by atoms with van der Waals surface area (Å²) >= 11 is 6.42. The molecule has 0 amide bonds. The second kappa shape index (κ2) is 6.92. The lowest BCUT2D eigenvalue weighted by Gasteiger charge is -2.26. The normalized spacial score (nSPS) is 23.6. The van der Waals surface area contributed by atoms with E-state index < -0.39 is 0 Å². The van der Waals surface area contributed by atoms with Gasteiger partial charge in [0.25, 0.3) is 0 Å². The summed E-state index contributed by atoms with van der Waals surface area (Å²) in [5.74, 6) is 2.40. The molecule has 0 atom stereocenters.